The highest BCUT2D eigenvalue weighted by molar-refractivity contribution is 5.71. The molecular formula is C8H13NO2. The highest BCUT2D eigenvalue weighted by atomic mass is 16.4. The fourth-order valence-corrected chi connectivity index (χ4v) is 2.37. The Morgan fingerprint density at radius 3 is 2.91 bits per heavy atom. The molecule has 0 radical (unpaired) electrons. The molecule has 2 aliphatic rings. The van der Waals surface area contributed by atoms with Crippen molar-refractivity contribution in [3.05, 3.63) is 0 Å². The van der Waals surface area contributed by atoms with Gasteiger partial charge in [-0.2, -0.15) is 0 Å². The molecule has 0 saturated carbocycles. The molecule has 62 valence electrons. The summed E-state index contributed by atoms with van der Waals surface area (Å²) in [6.07, 6.45) is 3.14. The van der Waals surface area contributed by atoms with Gasteiger partial charge in [0, 0.05) is 6.04 Å². The number of carboxylic acids is 1. The second-order valence-corrected chi connectivity index (χ2v) is 3.48. The monoisotopic (exact) mass is 155 g/mol. The van der Waals surface area contributed by atoms with Crippen LogP contribution in [0.5, 0.6) is 0 Å². The summed E-state index contributed by atoms with van der Waals surface area (Å²) in [5.74, 6) is -0.670. The predicted molar refractivity (Wildman–Crippen MR) is 40.3 cm³/mol. The van der Waals surface area contributed by atoms with Gasteiger partial charge in [0.2, 0.25) is 0 Å². The molecule has 3 heteroatoms. The van der Waals surface area contributed by atoms with Gasteiger partial charge in [0.1, 0.15) is 0 Å². The SMILES string of the molecule is O=C(O)[C@@H]1CCN2CCC[C@@H]12. The fourth-order valence-electron chi connectivity index (χ4n) is 2.37. The Labute approximate surface area is 66.0 Å². The summed E-state index contributed by atoms with van der Waals surface area (Å²) >= 11 is 0. The Morgan fingerprint density at radius 2 is 2.18 bits per heavy atom. The topological polar surface area (TPSA) is 40.5 Å². The average Bonchev–Trinajstić information content (AvgIpc) is 2.41. The van der Waals surface area contributed by atoms with Crippen LogP contribution in [0.25, 0.3) is 0 Å². The lowest BCUT2D eigenvalue weighted by Crippen LogP contribution is -2.29. The molecule has 0 amide bonds. The molecule has 2 rings (SSSR count). The first-order valence-electron chi connectivity index (χ1n) is 4.26. The van der Waals surface area contributed by atoms with E-state index in [1.807, 2.05) is 0 Å². The summed E-state index contributed by atoms with van der Waals surface area (Å²) in [5, 5.41) is 8.83. The van der Waals surface area contributed by atoms with E-state index in [4.69, 9.17) is 5.11 Å². The van der Waals surface area contributed by atoms with Crippen LogP contribution >= 0.6 is 0 Å². The smallest absolute Gasteiger partial charge is 0.308 e. The van der Waals surface area contributed by atoms with Crippen molar-refractivity contribution in [2.75, 3.05) is 13.1 Å². The maximum absolute atomic E-state index is 10.7. The van der Waals surface area contributed by atoms with Gasteiger partial charge in [0.05, 0.1) is 5.92 Å². The minimum absolute atomic E-state index is 0.0718. The summed E-state index contributed by atoms with van der Waals surface area (Å²) < 4.78 is 0. The number of hydrogen-bond donors (Lipinski definition) is 1. The number of nitrogens with zero attached hydrogens (tertiary/aromatic N) is 1. The van der Waals surface area contributed by atoms with E-state index in [1.54, 1.807) is 0 Å². The van der Waals surface area contributed by atoms with Crippen molar-refractivity contribution >= 4 is 5.97 Å². The Kier molecular flexibility index (Phi) is 1.60. The molecule has 0 aliphatic carbocycles. The van der Waals surface area contributed by atoms with E-state index in [1.165, 1.54) is 6.42 Å². The van der Waals surface area contributed by atoms with Crippen molar-refractivity contribution in [1.82, 2.24) is 4.90 Å². The average molecular weight is 155 g/mol. The summed E-state index contributed by atoms with van der Waals surface area (Å²) in [6.45, 7) is 2.12. The molecule has 1 N–H and O–H groups in total. The summed E-state index contributed by atoms with van der Waals surface area (Å²) in [6, 6.07) is 0.368. The number of hydrogen-bond acceptors (Lipinski definition) is 2. The molecule has 3 nitrogen and oxygen atoms in total. The maximum Gasteiger partial charge on any atom is 0.308 e. The van der Waals surface area contributed by atoms with Gasteiger partial charge < -0.3 is 5.11 Å². The van der Waals surface area contributed by atoms with Gasteiger partial charge >= 0.3 is 5.97 Å². The largest absolute Gasteiger partial charge is 0.481 e. The maximum atomic E-state index is 10.7. The fraction of sp³-hybridized carbons (Fsp3) is 0.875. The predicted octanol–water partition coefficient (Wildman–Crippen LogP) is 0.555. The molecule has 0 spiro atoms. The Hall–Kier alpha value is -0.570. The van der Waals surface area contributed by atoms with Crippen LogP contribution in [0.2, 0.25) is 0 Å². The van der Waals surface area contributed by atoms with Crippen LogP contribution in [0.15, 0.2) is 0 Å². The first-order chi connectivity index (χ1) is 5.29. The standard InChI is InChI=1S/C8H13NO2/c10-8(11)6-3-5-9-4-1-2-7(6)9/h6-7H,1-5H2,(H,10,11)/t6-,7+/m1/s1. The Bertz CT molecular complexity index is 181. The molecule has 11 heavy (non-hydrogen) atoms. The summed E-state index contributed by atoms with van der Waals surface area (Å²) in [7, 11) is 0. The van der Waals surface area contributed by atoms with Crippen molar-refractivity contribution in [2.24, 2.45) is 5.92 Å². The molecule has 0 unspecified atom stereocenters. The van der Waals surface area contributed by atoms with Gasteiger partial charge in [-0.15, -0.1) is 0 Å². The second kappa shape index (κ2) is 2.48. The molecule has 2 fully saturated rings. The molecular weight excluding hydrogens is 142 g/mol. The van der Waals surface area contributed by atoms with Gasteiger partial charge in [0.15, 0.2) is 0 Å². The zero-order valence-electron chi connectivity index (χ0n) is 6.49. The minimum Gasteiger partial charge on any atom is -0.481 e. The highest BCUT2D eigenvalue weighted by Gasteiger charge is 2.40. The highest BCUT2D eigenvalue weighted by Crippen LogP contribution is 2.32. The van der Waals surface area contributed by atoms with Gasteiger partial charge in [-0.1, -0.05) is 0 Å². The molecule has 0 aromatic rings. The normalized spacial score (nSPS) is 37.5. The van der Waals surface area contributed by atoms with E-state index in [0.717, 1.165) is 25.9 Å². The summed E-state index contributed by atoms with van der Waals surface area (Å²) in [4.78, 5) is 13.0. The van der Waals surface area contributed by atoms with E-state index in [2.05, 4.69) is 4.90 Å². The van der Waals surface area contributed by atoms with Crippen LogP contribution in [-0.4, -0.2) is 35.1 Å². The lowest BCUT2D eigenvalue weighted by Gasteiger charge is -2.16. The quantitative estimate of drug-likeness (QED) is 0.601. The van der Waals surface area contributed by atoms with Gasteiger partial charge in [-0.25, -0.2) is 0 Å². The van der Waals surface area contributed by atoms with Crippen LogP contribution in [0.1, 0.15) is 19.3 Å². The summed E-state index contributed by atoms with van der Waals surface area (Å²) in [5.41, 5.74) is 0. The minimum atomic E-state index is -0.598. The first kappa shape index (κ1) is 7.10. The van der Waals surface area contributed by atoms with E-state index >= 15 is 0 Å². The van der Waals surface area contributed by atoms with E-state index in [0.29, 0.717) is 6.04 Å². The third-order valence-corrected chi connectivity index (χ3v) is 2.92. The second-order valence-electron chi connectivity index (χ2n) is 3.48. The van der Waals surface area contributed by atoms with Gasteiger partial charge in [-0.05, 0) is 32.4 Å². The Morgan fingerprint density at radius 1 is 1.36 bits per heavy atom. The van der Waals surface area contributed by atoms with Gasteiger partial charge in [0.25, 0.3) is 0 Å². The number of aliphatic carboxylic acids is 1. The van der Waals surface area contributed by atoms with E-state index in [9.17, 15) is 4.79 Å². The van der Waals surface area contributed by atoms with Crippen molar-refractivity contribution < 1.29 is 9.90 Å². The number of carboxylic acid groups (broad SMARTS) is 1. The molecule has 0 bridgehead atoms. The molecule has 0 aromatic heterocycles. The lowest BCUT2D eigenvalue weighted by molar-refractivity contribution is -0.142. The molecule has 2 atom stereocenters. The number of fused-ring (bicyclic) bond motifs is 1. The first-order valence-corrected chi connectivity index (χ1v) is 4.26. The van der Waals surface area contributed by atoms with Crippen LogP contribution in [-0.2, 0) is 4.79 Å². The van der Waals surface area contributed by atoms with Crippen molar-refractivity contribution in [3.63, 3.8) is 0 Å². The van der Waals surface area contributed by atoms with Crippen LogP contribution in [0.4, 0.5) is 0 Å². The zero-order chi connectivity index (χ0) is 7.84. The third kappa shape index (κ3) is 1.03. The van der Waals surface area contributed by atoms with Crippen LogP contribution in [0, 0.1) is 5.92 Å². The van der Waals surface area contributed by atoms with Crippen LogP contribution < -0.4 is 0 Å². The van der Waals surface area contributed by atoms with E-state index < -0.39 is 5.97 Å². The van der Waals surface area contributed by atoms with Crippen LogP contribution in [0.3, 0.4) is 0 Å². The zero-order valence-corrected chi connectivity index (χ0v) is 6.49. The molecule has 2 heterocycles. The molecule has 0 aromatic carbocycles. The number of rotatable bonds is 1. The number of carbonyl (C=O) groups is 1. The van der Waals surface area contributed by atoms with E-state index in [-0.39, 0.29) is 5.92 Å². The third-order valence-electron chi connectivity index (χ3n) is 2.92. The van der Waals surface area contributed by atoms with Crippen molar-refractivity contribution in [2.45, 2.75) is 25.3 Å². The van der Waals surface area contributed by atoms with Crippen molar-refractivity contribution in [3.8, 4) is 0 Å². The molecule has 2 saturated heterocycles. The molecule has 2 aliphatic heterocycles. The lowest BCUT2D eigenvalue weighted by atomic mass is 9.99. The Balaban J connectivity index is 2.08. The van der Waals surface area contributed by atoms with Gasteiger partial charge in [-0.3, -0.25) is 9.69 Å². The van der Waals surface area contributed by atoms with Crippen molar-refractivity contribution in [1.29, 1.82) is 0 Å².